The summed E-state index contributed by atoms with van der Waals surface area (Å²) in [7, 11) is 2.12. The van der Waals surface area contributed by atoms with Gasteiger partial charge in [-0.3, -0.25) is 9.69 Å². The van der Waals surface area contributed by atoms with Gasteiger partial charge < -0.3 is 14.6 Å². The number of fused-ring (bicyclic) bond motifs is 1. The summed E-state index contributed by atoms with van der Waals surface area (Å²) in [5, 5.41) is 13.7. The number of hydrogen-bond donors (Lipinski definition) is 1. The van der Waals surface area contributed by atoms with Crippen LogP contribution in [-0.2, 0) is 11.3 Å². The number of benzene rings is 1. The van der Waals surface area contributed by atoms with Crippen molar-refractivity contribution < 1.29 is 4.74 Å². The van der Waals surface area contributed by atoms with Crippen molar-refractivity contribution in [3.8, 4) is 0 Å². The third kappa shape index (κ3) is 4.00. The van der Waals surface area contributed by atoms with Gasteiger partial charge in [0.15, 0.2) is 5.82 Å². The lowest BCUT2D eigenvalue weighted by Crippen LogP contribution is -2.47. The van der Waals surface area contributed by atoms with Crippen LogP contribution in [0.3, 0.4) is 0 Å². The number of H-pyrrole nitrogens is 1. The molecule has 31 heavy (non-hydrogen) atoms. The van der Waals surface area contributed by atoms with Crippen molar-refractivity contribution in [1.29, 1.82) is 0 Å². The third-order valence-electron chi connectivity index (χ3n) is 6.52. The molecule has 0 unspecified atom stereocenters. The Morgan fingerprint density at radius 2 is 2.10 bits per heavy atom. The maximum absolute atomic E-state index is 13.3. The van der Waals surface area contributed by atoms with Crippen molar-refractivity contribution in [1.82, 2.24) is 35.0 Å². The maximum atomic E-state index is 13.3. The summed E-state index contributed by atoms with van der Waals surface area (Å²) in [5.41, 5.74) is 2.54. The number of likely N-dealkylation sites (N-methyl/N-ethyl adjacent to an activating group) is 1. The van der Waals surface area contributed by atoms with E-state index >= 15 is 0 Å². The Hall–Kier alpha value is -2.62. The number of para-hydroxylation sites is 1. The van der Waals surface area contributed by atoms with Crippen molar-refractivity contribution in [3.05, 3.63) is 51.6 Å². The van der Waals surface area contributed by atoms with Crippen LogP contribution in [0, 0.1) is 6.92 Å². The van der Waals surface area contributed by atoms with Gasteiger partial charge in [0, 0.05) is 38.3 Å². The first-order valence-electron chi connectivity index (χ1n) is 11.0. The highest BCUT2D eigenvalue weighted by Crippen LogP contribution is 2.28. The average Bonchev–Trinajstić information content (AvgIpc) is 3.44. The predicted octanol–water partition coefficient (Wildman–Crippen LogP) is 1.34. The molecule has 2 aliphatic rings. The molecule has 0 spiro atoms. The molecule has 9 heteroatoms. The van der Waals surface area contributed by atoms with E-state index in [0.717, 1.165) is 62.1 Å². The maximum Gasteiger partial charge on any atom is 0.253 e. The fraction of sp³-hybridized carbons (Fsp3) is 0.545. The summed E-state index contributed by atoms with van der Waals surface area (Å²) in [5.74, 6) is 0.706. The van der Waals surface area contributed by atoms with Crippen molar-refractivity contribution in [2.45, 2.75) is 38.5 Å². The first kappa shape index (κ1) is 20.3. The van der Waals surface area contributed by atoms with Crippen LogP contribution >= 0.6 is 0 Å². The monoisotopic (exact) mass is 423 g/mol. The van der Waals surface area contributed by atoms with E-state index in [1.807, 2.05) is 35.9 Å². The molecule has 5 rings (SSSR count). The van der Waals surface area contributed by atoms with Crippen LogP contribution in [-0.4, -0.2) is 80.9 Å². The molecule has 2 saturated heterocycles. The quantitative estimate of drug-likeness (QED) is 0.662. The molecule has 2 atom stereocenters. The summed E-state index contributed by atoms with van der Waals surface area (Å²) in [4.78, 5) is 21.0. The minimum absolute atomic E-state index is 0.0857. The molecule has 3 aromatic rings. The van der Waals surface area contributed by atoms with Crippen LogP contribution in [0.4, 0.5) is 0 Å². The molecule has 0 bridgehead atoms. The number of aromatic nitrogens is 5. The van der Waals surface area contributed by atoms with E-state index < -0.39 is 0 Å². The smallest absolute Gasteiger partial charge is 0.253 e. The minimum Gasteiger partial charge on any atom is -0.376 e. The number of pyridine rings is 1. The van der Waals surface area contributed by atoms with E-state index in [-0.39, 0.29) is 17.7 Å². The summed E-state index contributed by atoms with van der Waals surface area (Å²) >= 11 is 0. The predicted molar refractivity (Wildman–Crippen MR) is 117 cm³/mol. The molecule has 2 aromatic heterocycles. The molecule has 0 radical (unpaired) electrons. The van der Waals surface area contributed by atoms with Gasteiger partial charge in [-0.15, -0.1) is 5.10 Å². The van der Waals surface area contributed by atoms with Crippen molar-refractivity contribution in [2.24, 2.45) is 0 Å². The third-order valence-corrected chi connectivity index (χ3v) is 6.52. The van der Waals surface area contributed by atoms with Crippen LogP contribution in [0.15, 0.2) is 29.1 Å². The largest absolute Gasteiger partial charge is 0.376 e. The number of aromatic amines is 1. The first-order chi connectivity index (χ1) is 15.1. The highest BCUT2D eigenvalue weighted by atomic mass is 16.5. The van der Waals surface area contributed by atoms with Crippen molar-refractivity contribution in [2.75, 3.05) is 39.8 Å². The standard InChI is InChI=1S/C22H29N7O2/c1-15-5-3-6-16-13-18(22(30)23-19(15)16)20(28-10-8-27(2)9-11-28)21-24-25-26-29(21)14-17-7-4-12-31-17/h3,5-6,13,17,20H,4,7-12,14H2,1-2H3,(H,23,30)/t17-,20+/m0/s1. The van der Waals surface area contributed by atoms with E-state index in [4.69, 9.17) is 4.74 Å². The molecule has 0 saturated carbocycles. The molecule has 1 N–H and O–H groups in total. The van der Waals surface area contributed by atoms with Gasteiger partial charge in [-0.25, -0.2) is 4.68 Å². The number of rotatable bonds is 5. The Morgan fingerprint density at radius 1 is 1.26 bits per heavy atom. The van der Waals surface area contributed by atoms with Crippen molar-refractivity contribution in [3.63, 3.8) is 0 Å². The zero-order chi connectivity index (χ0) is 21.4. The number of aryl methyl sites for hydroxylation is 1. The van der Waals surface area contributed by atoms with Crippen LogP contribution in [0.2, 0.25) is 0 Å². The number of nitrogens with one attached hydrogen (secondary N) is 1. The molecule has 1 aromatic carbocycles. The molecule has 0 aliphatic carbocycles. The van der Waals surface area contributed by atoms with Gasteiger partial charge >= 0.3 is 0 Å². The van der Waals surface area contributed by atoms with Crippen LogP contribution in [0.25, 0.3) is 10.9 Å². The van der Waals surface area contributed by atoms with Gasteiger partial charge in [0.2, 0.25) is 0 Å². The molecular weight excluding hydrogens is 394 g/mol. The van der Waals surface area contributed by atoms with E-state index in [2.05, 4.69) is 37.4 Å². The van der Waals surface area contributed by atoms with Gasteiger partial charge in [0.25, 0.3) is 5.56 Å². The normalized spacial score (nSPS) is 21.7. The van der Waals surface area contributed by atoms with E-state index in [0.29, 0.717) is 17.9 Å². The highest BCUT2D eigenvalue weighted by molar-refractivity contribution is 5.82. The Balaban J connectivity index is 1.59. The second-order valence-corrected chi connectivity index (χ2v) is 8.69. The summed E-state index contributed by atoms with van der Waals surface area (Å²) < 4.78 is 7.65. The molecule has 4 heterocycles. The zero-order valence-electron chi connectivity index (χ0n) is 18.1. The van der Waals surface area contributed by atoms with E-state index in [9.17, 15) is 4.79 Å². The number of ether oxygens (including phenoxy) is 1. The average molecular weight is 424 g/mol. The molecule has 9 nitrogen and oxygen atoms in total. The van der Waals surface area contributed by atoms with E-state index in [1.54, 1.807) is 0 Å². The summed E-state index contributed by atoms with van der Waals surface area (Å²) in [6, 6.07) is 7.77. The lowest BCUT2D eigenvalue weighted by atomic mass is 10.0. The topological polar surface area (TPSA) is 92.2 Å². The number of tetrazole rings is 1. The Labute approximate surface area is 181 Å². The summed E-state index contributed by atoms with van der Waals surface area (Å²) in [6.45, 7) is 6.98. The van der Waals surface area contributed by atoms with Crippen molar-refractivity contribution >= 4 is 10.9 Å². The fourth-order valence-electron chi connectivity index (χ4n) is 4.70. The second-order valence-electron chi connectivity index (χ2n) is 8.69. The summed E-state index contributed by atoms with van der Waals surface area (Å²) in [6.07, 6.45) is 2.19. The van der Waals surface area contributed by atoms with Gasteiger partial charge in [0.1, 0.15) is 6.04 Å². The number of nitrogens with zero attached hydrogens (tertiary/aromatic N) is 6. The molecule has 0 amide bonds. The van der Waals surface area contributed by atoms with Crippen LogP contribution in [0.5, 0.6) is 0 Å². The molecule has 2 aliphatic heterocycles. The van der Waals surface area contributed by atoms with Crippen LogP contribution in [0.1, 0.15) is 35.8 Å². The highest BCUT2D eigenvalue weighted by Gasteiger charge is 2.33. The number of piperazine rings is 1. The van der Waals surface area contributed by atoms with Gasteiger partial charge in [-0.2, -0.15) is 0 Å². The Kier molecular flexibility index (Phi) is 5.56. The first-order valence-corrected chi connectivity index (χ1v) is 11.0. The molecular formula is C22H29N7O2. The lowest BCUT2D eigenvalue weighted by molar-refractivity contribution is 0.0878. The Bertz CT molecular complexity index is 1110. The Morgan fingerprint density at radius 3 is 2.87 bits per heavy atom. The number of hydrogen-bond acceptors (Lipinski definition) is 7. The van der Waals surface area contributed by atoms with Gasteiger partial charge in [0.05, 0.1) is 18.2 Å². The lowest BCUT2D eigenvalue weighted by Gasteiger charge is -2.37. The van der Waals surface area contributed by atoms with Crippen LogP contribution < -0.4 is 5.56 Å². The molecule has 2 fully saturated rings. The minimum atomic E-state index is -0.307. The fourth-order valence-corrected chi connectivity index (χ4v) is 4.70. The SMILES string of the molecule is Cc1cccc2cc([C@H](c3nnnn3C[C@@H]3CCCO3)N3CCN(C)CC3)c(=O)[nH]c12. The van der Waals surface area contributed by atoms with Gasteiger partial charge in [-0.1, -0.05) is 18.2 Å². The molecule has 164 valence electrons. The van der Waals surface area contributed by atoms with E-state index in [1.165, 1.54) is 0 Å². The zero-order valence-corrected chi connectivity index (χ0v) is 18.1. The second kappa shape index (κ2) is 8.49. The van der Waals surface area contributed by atoms with Gasteiger partial charge in [-0.05, 0) is 54.3 Å².